The second-order valence-electron chi connectivity index (χ2n) is 5.79. The second kappa shape index (κ2) is 6.14. The van der Waals surface area contributed by atoms with E-state index in [0.717, 1.165) is 43.8 Å². The van der Waals surface area contributed by atoms with Crippen molar-refractivity contribution in [1.29, 1.82) is 0 Å². The summed E-state index contributed by atoms with van der Waals surface area (Å²) >= 11 is 0.890. The Morgan fingerprint density at radius 2 is 1.92 bits per heavy atom. The van der Waals surface area contributed by atoms with Gasteiger partial charge in [0.2, 0.25) is 5.91 Å². The number of aromatic nitrogens is 2. The molecule has 0 fully saturated rings. The van der Waals surface area contributed by atoms with Crippen molar-refractivity contribution < 1.29 is 18.0 Å². The molecule has 1 amide bonds. The average molecular weight is 375 g/mol. The Hall–Kier alpha value is -2.87. The molecule has 4 aromatic rings. The van der Waals surface area contributed by atoms with Crippen molar-refractivity contribution in [2.45, 2.75) is 12.6 Å². The molecule has 0 saturated carbocycles. The minimum atomic E-state index is -4.47. The van der Waals surface area contributed by atoms with Gasteiger partial charge in [-0.05, 0) is 16.3 Å². The molecule has 8 heteroatoms. The molecule has 4 rings (SSSR count). The zero-order valence-corrected chi connectivity index (χ0v) is 14.1. The number of thiazole rings is 1. The van der Waals surface area contributed by atoms with Gasteiger partial charge in [-0.25, -0.2) is 4.98 Å². The van der Waals surface area contributed by atoms with E-state index in [0.29, 0.717) is 0 Å². The Balaban J connectivity index is 1.54. The molecule has 0 unspecified atom stereocenters. The highest BCUT2D eigenvalue weighted by atomic mass is 32.1. The summed E-state index contributed by atoms with van der Waals surface area (Å²) in [6, 6.07) is 13.5. The number of carbonyl (C=O) groups excluding carboxylic acids is 1. The molecule has 0 bridgehead atoms. The van der Waals surface area contributed by atoms with Gasteiger partial charge in [0.15, 0.2) is 5.82 Å². The van der Waals surface area contributed by atoms with Crippen LogP contribution < -0.4 is 5.32 Å². The number of amides is 1. The number of nitrogens with zero attached hydrogens (tertiary/aromatic N) is 2. The second-order valence-corrected chi connectivity index (χ2v) is 6.65. The molecule has 1 N–H and O–H groups in total. The molecule has 26 heavy (non-hydrogen) atoms. The summed E-state index contributed by atoms with van der Waals surface area (Å²) in [6.45, 7) is 0. The predicted octanol–water partition coefficient (Wildman–Crippen LogP) is 4.75. The van der Waals surface area contributed by atoms with E-state index >= 15 is 0 Å². The number of benzene rings is 2. The maximum Gasteiger partial charge on any atom is 0.432 e. The number of alkyl halides is 3. The lowest BCUT2D eigenvalue weighted by molar-refractivity contribution is -0.141. The molecule has 132 valence electrons. The van der Waals surface area contributed by atoms with E-state index in [1.54, 1.807) is 0 Å². The van der Waals surface area contributed by atoms with Gasteiger partial charge in [0.05, 0.1) is 6.42 Å². The highest BCUT2D eigenvalue weighted by molar-refractivity contribution is 7.16. The Morgan fingerprint density at radius 1 is 1.15 bits per heavy atom. The minimum Gasteiger partial charge on any atom is -0.308 e. The standard InChI is InChI=1S/C18H12F3N3OS/c19-18(20,21)14-9-26-17-16(22-10-24(14)17)23-15(25)8-11-5-6-12-3-1-2-4-13(12)7-11/h1-7,9-10H,8H2,(H,23,25). The number of anilines is 1. The third-order valence-electron chi connectivity index (χ3n) is 3.99. The maximum atomic E-state index is 12.9. The normalized spacial score (nSPS) is 12.0. The van der Waals surface area contributed by atoms with Crippen molar-refractivity contribution in [3.63, 3.8) is 0 Å². The van der Waals surface area contributed by atoms with Gasteiger partial charge < -0.3 is 5.32 Å². The Bertz CT molecular complexity index is 1110. The smallest absolute Gasteiger partial charge is 0.308 e. The molecule has 0 aliphatic carbocycles. The van der Waals surface area contributed by atoms with Gasteiger partial charge in [-0.15, -0.1) is 11.3 Å². The fourth-order valence-corrected chi connectivity index (χ4v) is 3.73. The summed E-state index contributed by atoms with van der Waals surface area (Å²) in [5.41, 5.74) is 0.0128. The van der Waals surface area contributed by atoms with Crippen LogP contribution in [-0.2, 0) is 17.4 Å². The first-order valence-electron chi connectivity index (χ1n) is 7.71. The molecule has 0 aliphatic heterocycles. The monoisotopic (exact) mass is 375 g/mol. The summed E-state index contributed by atoms with van der Waals surface area (Å²) < 4.78 is 39.7. The van der Waals surface area contributed by atoms with Crippen LogP contribution in [0.3, 0.4) is 0 Å². The van der Waals surface area contributed by atoms with Crippen LogP contribution in [0.2, 0.25) is 0 Å². The van der Waals surface area contributed by atoms with Gasteiger partial charge in [0, 0.05) is 5.38 Å². The zero-order valence-electron chi connectivity index (χ0n) is 13.2. The van der Waals surface area contributed by atoms with Crippen LogP contribution in [0.1, 0.15) is 11.3 Å². The Morgan fingerprint density at radius 3 is 2.69 bits per heavy atom. The Labute approximate surface area is 149 Å². The summed E-state index contributed by atoms with van der Waals surface area (Å²) in [6.07, 6.45) is -3.28. The number of rotatable bonds is 3. The minimum absolute atomic E-state index is 0.112. The molecule has 0 saturated heterocycles. The lowest BCUT2D eigenvalue weighted by Gasteiger charge is -2.05. The Kier molecular flexibility index (Phi) is 3.91. The largest absolute Gasteiger partial charge is 0.432 e. The summed E-state index contributed by atoms with van der Waals surface area (Å²) in [5.74, 6) is -0.195. The topological polar surface area (TPSA) is 46.4 Å². The van der Waals surface area contributed by atoms with Crippen molar-refractivity contribution in [3.8, 4) is 0 Å². The quantitative estimate of drug-likeness (QED) is 0.562. The summed E-state index contributed by atoms with van der Waals surface area (Å²) in [7, 11) is 0. The van der Waals surface area contributed by atoms with Gasteiger partial charge in [-0.3, -0.25) is 9.20 Å². The van der Waals surface area contributed by atoms with Gasteiger partial charge in [-0.1, -0.05) is 42.5 Å². The van der Waals surface area contributed by atoms with Crippen LogP contribution >= 0.6 is 11.3 Å². The maximum absolute atomic E-state index is 12.9. The highest BCUT2D eigenvalue weighted by Gasteiger charge is 2.35. The van der Waals surface area contributed by atoms with Crippen LogP contribution in [0.4, 0.5) is 19.0 Å². The average Bonchev–Trinajstić information content (AvgIpc) is 3.17. The molecule has 2 heterocycles. The van der Waals surface area contributed by atoms with E-state index in [2.05, 4.69) is 10.3 Å². The number of carbonyl (C=O) groups is 1. The number of halogens is 3. The number of hydrogen-bond donors (Lipinski definition) is 1. The molecular weight excluding hydrogens is 363 g/mol. The van der Waals surface area contributed by atoms with Crippen LogP contribution in [-0.4, -0.2) is 15.3 Å². The molecule has 0 radical (unpaired) electrons. The van der Waals surface area contributed by atoms with Crippen LogP contribution in [0.25, 0.3) is 15.6 Å². The van der Waals surface area contributed by atoms with Crippen molar-refractivity contribution in [1.82, 2.24) is 9.38 Å². The fraction of sp³-hybridized carbons (Fsp3) is 0.111. The van der Waals surface area contributed by atoms with E-state index in [-0.39, 0.29) is 23.0 Å². The molecular formula is C18H12F3N3OS. The van der Waals surface area contributed by atoms with E-state index in [4.69, 9.17) is 0 Å². The third-order valence-corrected chi connectivity index (χ3v) is 4.95. The van der Waals surface area contributed by atoms with Gasteiger partial charge >= 0.3 is 6.18 Å². The number of hydrogen-bond acceptors (Lipinski definition) is 3. The van der Waals surface area contributed by atoms with Crippen molar-refractivity contribution >= 4 is 38.7 Å². The number of imidazole rings is 1. The van der Waals surface area contributed by atoms with E-state index < -0.39 is 11.9 Å². The molecule has 4 nitrogen and oxygen atoms in total. The number of nitrogens with one attached hydrogen (secondary N) is 1. The van der Waals surface area contributed by atoms with Gasteiger partial charge in [0.1, 0.15) is 16.9 Å². The lowest BCUT2D eigenvalue weighted by atomic mass is 10.1. The van der Waals surface area contributed by atoms with E-state index in [1.165, 1.54) is 0 Å². The molecule has 0 aliphatic rings. The van der Waals surface area contributed by atoms with Crippen LogP contribution in [0.15, 0.2) is 54.2 Å². The lowest BCUT2D eigenvalue weighted by Crippen LogP contribution is -2.14. The third kappa shape index (κ3) is 3.03. The highest BCUT2D eigenvalue weighted by Crippen LogP contribution is 2.35. The van der Waals surface area contributed by atoms with Crippen molar-refractivity contribution in [2.24, 2.45) is 0 Å². The SMILES string of the molecule is O=C(Cc1ccc2ccccc2c1)Nc1ncn2c(C(F)(F)F)csc12. The van der Waals surface area contributed by atoms with Gasteiger partial charge in [-0.2, -0.15) is 13.2 Å². The summed E-state index contributed by atoms with van der Waals surface area (Å²) in [5, 5.41) is 5.71. The fourth-order valence-electron chi connectivity index (χ4n) is 2.79. The van der Waals surface area contributed by atoms with E-state index in [9.17, 15) is 18.0 Å². The first kappa shape index (κ1) is 16.6. The van der Waals surface area contributed by atoms with Crippen LogP contribution in [0.5, 0.6) is 0 Å². The van der Waals surface area contributed by atoms with Gasteiger partial charge in [0.25, 0.3) is 0 Å². The zero-order chi connectivity index (χ0) is 18.3. The first-order valence-corrected chi connectivity index (χ1v) is 8.59. The number of fused-ring (bicyclic) bond motifs is 2. The van der Waals surface area contributed by atoms with Crippen LogP contribution in [0, 0.1) is 0 Å². The summed E-state index contributed by atoms with van der Waals surface area (Å²) in [4.78, 5) is 16.4. The van der Waals surface area contributed by atoms with E-state index in [1.807, 2.05) is 42.5 Å². The molecule has 2 aromatic heterocycles. The van der Waals surface area contributed by atoms with Crippen molar-refractivity contribution in [3.05, 3.63) is 65.4 Å². The first-order chi connectivity index (χ1) is 12.4. The molecule has 0 atom stereocenters. The predicted molar refractivity (Wildman–Crippen MR) is 94.4 cm³/mol. The molecule has 2 aromatic carbocycles. The van der Waals surface area contributed by atoms with Crippen molar-refractivity contribution in [2.75, 3.05) is 5.32 Å². The molecule has 0 spiro atoms.